The molecule has 0 radical (unpaired) electrons. The molecule has 0 spiro atoms. The van der Waals surface area contributed by atoms with Gasteiger partial charge in [0.1, 0.15) is 0 Å². The molecular weight excluding hydrogens is 162 g/mol. The highest BCUT2D eigenvalue weighted by Crippen LogP contribution is 2.17. The minimum atomic E-state index is 0.717. The Labute approximate surface area is 79.2 Å². The Morgan fingerprint density at radius 2 is 2.54 bits per heavy atom. The number of hydrogen-bond donors (Lipinski definition) is 1. The molecule has 2 heterocycles. The van der Waals surface area contributed by atoms with E-state index in [2.05, 4.69) is 21.9 Å². The molecule has 72 valence electrons. The minimum absolute atomic E-state index is 0.717. The molecule has 3 nitrogen and oxygen atoms in total. The van der Waals surface area contributed by atoms with Gasteiger partial charge >= 0.3 is 0 Å². The quantitative estimate of drug-likeness (QED) is 0.745. The van der Waals surface area contributed by atoms with Crippen LogP contribution >= 0.6 is 0 Å². The van der Waals surface area contributed by atoms with Crippen molar-refractivity contribution >= 4 is 0 Å². The summed E-state index contributed by atoms with van der Waals surface area (Å²) >= 11 is 0. The number of hydrogen-bond acceptors (Lipinski definition) is 2. The van der Waals surface area contributed by atoms with Crippen LogP contribution in [0.25, 0.3) is 0 Å². The summed E-state index contributed by atoms with van der Waals surface area (Å²) in [5.74, 6) is 0. The number of nitrogens with zero attached hydrogens (tertiary/aromatic N) is 2. The van der Waals surface area contributed by atoms with E-state index in [-0.39, 0.29) is 0 Å². The first-order chi connectivity index (χ1) is 6.36. The van der Waals surface area contributed by atoms with E-state index in [4.69, 9.17) is 0 Å². The first kappa shape index (κ1) is 8.75. The van der Waals surface area contributed by atoms with E-state index < -0.39 is 0 Å². The van der Waals surface area contributed by atoms with Crippen molar-refractivity contribution in [3.8, 4) is 0 Å². The molecule has 0 saturated carbocycles. The van der Waals surface area contributed by atoms with Crippen molar-refractivity contribution in [3.63, 3.8) is 0 Å². The van der Waals surface area contributed by atoms with Crippen LogP contribution in [0.5, 0.6) is 0 Å². The van der Waals surface area contributed by atoms with Crippen molar-refractivity contribution < 1.29 is 0 Å². The van der Waals surface area contributed by atoms with E-state index in [1.54, 1.807) is 6.33 Å². The summed E-state index contributed by atoms with van der Waals surface area (Å²) in [5, 5.41) is 0. The molecule has 0 unspecified atom stereocenters. The summed E-state index contributed by atoms with van der Waals surface area (Å²) in [6.45, 7) is 1.25. The van der Waals surface area contributed by atoms with Crippen LogP contribution in [0.3, 0.4) is 0 Å². The average Bonchev–Trinajstić information content (AvgIpc) is 2.61. The lowest BCUT2D eigenvalue weighted by Crippen LogP contribution is -2.37. The number of likely N-dealkylation sites (tertiary alicyclic amines) is 1. The molecule has 1 aliphatic heterocycles. The Hall–Kier alpha value is -0.830. The van der Waals surface area contributed by atoms with Crippen molar-refractivity contribution in [1.82, 2.24) is 14.9 Å². The molecule has 1 aromatic heterocycles. The van der Waals surface area contributed by atoms with Gasteiger partial charge in [0.05, 0.1) is 6.33 Å². The van der Waals surface area contributed by atoms with E-state index in [1.807, 2.05) is 6.20 Å². The maximum Gasteiger partial charge on any atom is 0.0921 e. The second-order valence-electron chi connectivity index (χ2n) is 3.91. The van der Waals surface area contributed by atoms with Gasteiger partial charge in [-0.05, 0) is 26.4 Å². The van der Waals surface area contributed by atoms with E-state index in [9.17, 15) is 0 Å². The summed E-state index contributed by atoms with van der Waals surface area (Å²) in [7, 11) is 2.22. The van der Waals surface area contributed by atoms with Gasteiger partial charge in [0, 0.05) is 24.4 Å². The average molecular weight is 179 g/mol. The monoisotopic (exact) mass is 179 g/mol. The maximum atomic E-state index is 4.04. The minimum Gasteiger partial charge on any atom is -0.348 e. The molecular formula is C10H17N3. The summed E-state index contributed by atoms with van der Waals surface area (Å²) in [5.41, 5.74) is 1.26. The number of imidazole rings is 1. The normalized spacial score (nSPS) is 24.8. The van der Waals surface area contributed by atoms with Crippen molar-refractivity contribution in [1.29, 1.82) is 0 Å². The van der Waals surface area contributed by atoms with E-state index in [0.29, 0.717) is 6.04 Å². The molecule has 13 heavy (non-hydrogen) atoms. The molecule has 1 aromatic rings. The topological polar surface area (TPSA) is 31.9 Å². The zero-order valence-corrected chi connectivity index (χ0v) is 8.16. The van der Waals surface area contributed by atoms with Crippen LogP contribution in [0.1, 0.15) is 25.0 Å². The highest BCUT2D eigenvalue weighted by atomic mass is 15.1. The van der Waals surface area contributed by atoms with Gasteiger partial charge in [0.15, 0.2) is 0 Å². The Morgan fingerprint density at radius 3 is 3.23 bits per heavy atom. The number of piperidine rings is 1. The van der Waals surface area contributed by atoms with Crippen LogP contribution in [0, 0.1) is 0 Å². The number of nitrogens with one attached hydrogen (secondary N) is 1. The molecule has 1 fully saturated rings. The van der Waals surface area contributed by atoms with Crippen LogP contribution in [0.15, 0.2) is 12.5 Å². The van der Waals surface area contributed by atoms with Gasteiger partial charge < -0.3 is 9.88 Å². The third kappa shape index (κ3) is 2.10. The fourth-order valence-electron chi connectivity index (χ4n) is 2.05. The zero-order chi connectivity index (χ0) is 9.10. The molecule has 0 aliphatic carbocycles. The van der Waals surface area contributed by atoms with Crippen molar-refractivity contribution in [2.24, 2.45) is 0 Å². The van der Waals surface area contributed by atoms with Crippen LogP contribution in [-0.4, -0.2) is 34.5 Å². The summed E-state index contributed by atoms with van der Waals surface area (Å²) in [4.78, 5) is 9.67. The van der Waals surface area contributed by atoms with Gasteiger partial charge in [0.25, 0.3) is 0 Å². The molecule has 1 aliphatic rings. The largest absolute Gasteiger partial charge is 0.348 e. The first-order valence-electron chi connectivity index (χ1n) is 5.04. The molecule has 1 saturated heterocycles. The lowest BCUT2D eigenvalue weighted by molar-refractivity contribution is 0.184. The first-order valence-corrected chi connectivity index (χ1v) is 5.04. The van der Waals surface area contributed by atoms with E-state index in [0.717, 1.165) is 6.42 Å². The molecule has 0 aromatic carbocycles. The van der Waals surface area contributed by atoms with Crippen LogP contribution in [0.4, 0.5) is 0 Å². The third-order valence-corrected chi connectivity index (χ3v) is 2.93. The van der Waals surface area contributed by atoms with Gasteiger partial charge in [0.2, 0.25) is 0 Å². The second-order valence-corrected chi connectivity index (χ2v) is 3.91. The standard InChI is InChI=1S/C10H17N3/c1-13-5-3-2-4-10(13)6-9-7-11-8-12-9/h7-8,10H,2-6H2,1H3,(H,11,12)/t10-/m1/s1. The third-order valence-electron chi connectivity index (χ3n) is 2.93. The summed E-state index contributed by atoms with van der Waals surface area (Å²) in [6, 6.07) is 0.717. The van der Waals surface area contributed by atoms with Crippen LogP contribution in [-0.2, 0) is 6.42 Å². The Balaban J connectivity index is 1.93. The highest BCUT2D eigenvalue weighted by Gasteiger charge is 2.19. The number of aromatic nitrogens is 2. The molecule has 2 rings (SSSR count). The zero-order valence-electron chi connectivity index (χ0n) is 8.16. The molecule has 0 amide bonds. The van der Waals surface area contributed by atoms with Crippen molar-refractivity contribution in [2.75, 3.05) is 13.6 Å². The van der Waals surface area contributed by atoms with Crippen LogP contribution < -0.4 is 0 Å². The Kier molecular flexibility index (Phi) is 2.64. The van der Waals surface area contributed by atoms with Gasteiger partial charge in [-0.25, -0.2) is 4.98 Å². The Bertz CT molecular complexity index is 243. The number of rotatable bonds is 2. The fraction of sp³-hybridized carbons (Fsp3) is 0.700. The lowest BCUT2D eigenvalue weighted by atomic mass is 9.99. The molecule has 0 bridgehead atoms. The number of aromatic amines is 1. The molecule has 1 atom stereocenters. The lowest BCUT2D eigenvalue weighted by Gasteiger charge is -2.32. The highest BCUT2D eigenvalue weighted by molar-refractivity contribution is 4.98. The van der Waals surface area contributed by atoms with Crippen molar-refractivity contribution in [2.45, 2.75) is 31.7 Å². The maximum absolute atomic E-state index is 4.04. The smallest absolute Gasteiger partial charge is 0.0921 e. The summed E-state index contributed by atoms with van der Waals surface area (Å²) in [6.07, 6.45) is 8.88. The summed E-state index contributed by atoms with van der Waals surface area (Å²) < 4.78 is 0. The van der Waals surface area contributed by atoms with Gasteiger partial charge in [-0.2, -0.15) is 0 Å². The fourth-order valence-corrected chi connectivity index (χ4v) is 2.05. The molecule has 3 heteroatoms. The molecule has 1 N–H and O–H groups in total. The second kappa shape index (κ2) is 3.92. The van der Waals surface area contributed by atoms with E-state index in [1.165, 1.54) is 31.5 Å². The van der Waals surface area contributed by atoms with Gasteiger partial charge in [-0.15, -0.1) is 0 Å². The van der Waals surface area contributed by atoms with E-state index >= 15 is 0 Å². The predicted molar refractivity (Wildman–Crippen MR) is 52.6 cm³/mol. The number of likely N-dealkylation sites (N-methyl/N-ethyl adjacent to an activating group) is 1. The van der Waals surface area contributed by atoms with Crippen LogP contribution in [0.2, 0.25) is 0 Å². The number of H-pyrrole nitrogens is 1. The Morgan fingerprint density at radius 1 is 1.62 bits per heavy atom. The van der Waals surface area contributed by atoms with Crippen molar-refractivity contribution in [3.05, 3.63) is 18.2 Å². The van der Waals surface area contributed by atoms with Gasteiger partial charge in [-0.1, -0.05) is 6.42 Å². The SMILES string of the molecule is CN1CCCC[C@@H]1Cc1cnc[nH]1. The van der Waals surface area contributed by atoms with Gasteiger partial charge in [-0.3, -0.25) is 0 Å². The predicted octanol–water partition coefficient (Wildman–Crippen LogP) is 1.44.